The summed E-state index contributed by atoms with van der Waals surface area (Å²) >= 11 is 11.7. The van der Waals surface area contributed by atoms with Crippen LogP contribution in [0.15, 0.2) is 42.5 Å². The Balaban J connectivity index is 1.94. The third kappa shape index (κ3) is 4.87. The van der Waals surface area contributed by atoms with Crippen molar-refractivity contribution in [3.8, 4) is 0 Å². The summed E-state index contributed by atoms with van der Waals surface area (Å²) in [6.45, 7) is 0.0577. The van der Waals surface area contributed by atoms with Crippen molar-refractivity contribution in [1.82, 2.24) is 5.32 Å². The zero-order valence-electron chi connectivity index (χ0n) is 12.3. The Kier molecular flexibility index (Phi) is 5.84. The molecule has 2 amide bonds. The SMILES string of the molecule is CNC(=O)c1cccc(NC(=O)CNc2ccc(Cl)c(Cl)c2)c1. The largest absolute Gasteiger partial charge is 0.376 e. The van der Waals surface area contributed by atoms with Gasteiger partial charge in [-0.15, -0.1) is 0 Å². The number of carbonyl (C=O) groups excluding carboxylic acids is 2. The Morgan fingerprint density at radius 2 is 1.78 bits per heavy atom. The number of rotatable bonds is 5. The zero-order chi connectivity index (χ0) is 16.8. The molecule has 5 nitrogen and oxygen atoms in total. The smallest absolute Gasteiger partial charge is 0.251 e. The summed E-state index contributed by atoms with van der Waals surface area (Å²) in [5, 5.41) is 9.06. The highest BCUT2D eigenvalue weighted by atomic mass is 35.5. The van der Waals surface area contributed by atoms with Gasteiger partial charge in [0.1, 0.15) is 0 Å². The number of halogens is 2. The van der Waals surface area contributed by atoms with Crippen molar-refractivity contribution in [3.05, 3.63) is 58.1 Å². The van der Waals surface area contributed by atoms with Crippen molar-refractivity contribution < 1.29 is 9.59 Å². The van der Waals surface area contributed by atoms with E-state index in [2.05, 4.69) is 16.0 Å². The Labute approximate surface area is 144 Å². The summed E-state index contributed by atoms with van der Waals surface area (Å²) in [6.07, 6.45) is 0. The van der Waals surface area contributed by atoms with Crippen LogP contribution in [0.2, 0.25) is 10.0 Å². The van der Waals surface area contributed by atoms with Gasteiger partial charge in [-0.25, -0.2) is 0 Å². The standard InChI is InChI=1S/C16H15Cl2N3O2/c1-19-16(23)10-3-2-4-12(7-10)21-15(22)9-20-11-5-6-13(17)14(18)8-11/h2-8,20H,9H2,1H3,(H,19,23)(H,21,22). The molecular formula is C16H15Cl2N3O2. The van der Waals surface area contributed by atoms with E-state index in [0.29, 0.717) is 27.0 Å². The van der Waals surface area contributed by atoms with Gasteiger partial charge >= 0.3 is 0 Å². The van der Waals surface area contributed by atoms with Crippen LogP contribution in [0.5, 0.6) is 0 Å². The molecule has 0 saturated carbocycles. The maximum Gasteiger partial charge on any atom is 0.251 e. The van der Waals surface area contributed by atoms with Crippen molar-refractivity contribution in [2.45, 2.75) is 0 Å². The summed E-state index contributed by atoms with van der Waals surface area (Å²) in [5.41, 5.74) is 1.71. The number of benzene rings is 2. The lowest BCUT2D eigenvalue weighted by Gasteiger charge is -2.09. The minimum Gasteiger partial charge on any atom is -0.376 e. The molecule has 0 unspecified atom stereocenters. The molecule has 2 rings (SSSR count). The van der Waals surface area contributed by atoms with Gasteiger partial charge in [0.25, 0.3) is 5.91 Å². The highest BCUT2D eigenvalue weighted by Gasteiger charge is 2.07. The van der Waals surface area contributed by atoms with Gasteiger partial charge in [-0.3, -0.25) is 9.59 Å². The molecule has 120 valence electrons. The third-order valence-electron chi connectivity index (χ3n) is 3.01. The quantitative estimate of drug-likeness (QED) is 0.772. The van der Waals surface area contributed by atoms with Gasteiger partial charge in [0.15, 0.2) is 0 Å². The zero-order valence-corrected chi connectivity index (χ0v) is 13.8. The molecule has 2 aromatic carbocycles. The first kappa shape index (κ1) is 17.1. The molecule has 0 atom stereocenters. The molecule has 0 heterocycles. The van der Waals surface area contributed by atoms with Gasteiger partial charge in [-0.1, -0.05) is 29.3 Å². The maximum absolute atomic E-state index is 12.0. The fourth-order valence-corrected chi connectivity index (χ4v) is 2.17. The Morgan fingerprint density at radius 1 is 1.00 bits per heavy atom. The summed E-state index contributed by atoms with van der Waals surface area (Å²) in [5.74, 6) is -0.458. The lowest BCUT2D eigenvalue weighted by Crippen LogP contribution is -2.22. The van der Waals surface area contributed by atoms with Gasteiger partial charge in [-0.2, -0.15) is 0 Å². The Hall–Kier alpha value is -2.24. The Morgan fingerprint density at radius 3 is 2.48 bits per heavy atom. The summed E-state index contributed by atoms with van der Waals surface area (Å²) < 4.78 is 0. The molecule has 0 aliphatic heterocycles. The monoisotopic (exact) mass is 351 g/mol. The lowest BCUT2D eigenvalue weighted by atomic mass is 10.2. The average Bonchev–Trinajstić information content (AvgIpc) is 2.55. The van der Waals surface area contributed by atoms with E-state index in [4.69, 9.17) is 23.2 Å². The van der Waals surface area contributed by atoms with E-state index < -0.39 is 0 Å². The molecule has 0 aromatic heterocycles. The van der Waals surface area contributed by atoms with Crippen LogP contribution in [-0.4, -0.2) is 25.4 Å². The van der Waals surface area contributed by atoms with E-state index >= 15 is 0 Å². The molecule has 3 N–H and O–H groups in total. The number of hydrogen-bond acceptors (Lipinski definition) is 3. The molecule has 7 heteroatoms. The van der Waals surface area contributed by atoms with E-state index in [0.717, 1.165) is 0 Å². The number of amides is 2. The minimum absolute atomic E-state index is 0.0577. The molecule has 0 aliphatic rings. The van der Waals surface area contributed by atoms with Crippen LogP contribution in [0.25, 0.3) is 0 Å². The van der Waals surface area contributed by atoms with Crippen LogP contribution < -0.4 is 16.0 Å². The number of hydrogen-bond donors (Lipinski definition) is 3. The first-order valence-electron chi connectivity index (χ1n) is 6.80. The third-order valence-corrected chi connectivity index (χ3v) is 3.75. The van der Waals surface area contributed by atoms with Gasteiger partial charge in [-0.05, 0) is 36.4 Å². The number of nitrogens with one attached hydrogen (secondary N) is 3. The van der Waals surface area contributed by atoms with Crippen molar-refractivity contribution in [3.63, 3.8) is 0 Å². The van der Waals surface area contributed by atoms with Crippen molar-refractivity contribution in [2.24, 2.45) is 0 Å². The van der Waals surface area contributed by atoms with Crippen LogP contribution in [-0.2, 0) is 4.79 Å². The fourth-order valence-electron chi connectivity index (χ4n) is 1.88. The minimum atomic E-state index is -0.245. The molecule has 0 fully saturated rings. The van der Waals surface area contributed by atoms with Crippen LogP contribution in [0.4, 0.5) is 11.4 Å². The van der Waals surface area contributed by atoms with E-state index in [1.165, 1.54) is 0 Å². The predicted octanol–water partition coefficient (Wildman–Crippen LogP) is 3.40. The second-order valence-corrected chi connectivity index (χ2v) is 5.50. The molecule has 23 heavy (non-hydrogen) atoms. The molecule has 0 spiro atoms. The first-order valence-corrected chi connectivity index (χ1v) is 7.56. The summed E-state index contributed by atoms with van der Waals surface area (Å²) in [7, 11) is 1.55. The van der Waals surface area contributed by atoms with Crippen molar-refractivity contribution in [2.75, 3.05) is 24.2 Å². The molecule has 2 aromatic rings. The first-order chi connectivity index (χ1) is 11.0. The normalized spacial score (nSPS) is 10.0. The number of carbonyl (C=O) groups is 2. The average molecular weight is 352 g/mol. The maximum atomic E-state index is 12.0. The number of anilines is 2. The topological polar surface area (TPSA) is 70.2 Å². The van der Waals surface area contributed by atoms with Crippen molar-refractivity contribution in [1.29, 1.82) is 0 Å². The van der Waals surface area contributed by atoms with E-state index in [9.17, 15) is 9.59 Å². The summed E-state index contributed by atoms with van der Waals surface area (Å²) in [4.78, 5) is 23.5. The van der Waals surface area contributed by atoms with E-state index in [-0.39, 0.29) is 18.4 Å². The van der Waals surface area contributed by atoms with E-state index in [1.807, 2.05) is 0 Å². The molecule has 0 bridgehead atoms. The van der Waals surface area contributed by atoms with Gasteiger partial charge in [0.05, 0.1) is 16.6 Å². The molecule has 0 aliphatic carbocycles. The van der Waals surface area contributed by atoms with Crippen LogP contribution in [0.1, 0.15) is 10.4 Å². The second kappa shape index (κ2) is 7.85. The molecule has 0 saturated heterocycles. The van der Waals surface area contributed by atoms with Crippen LogP contribution >= 0.6 is 23.2 Å². The second-order valence-electron chi connectivity index (χ2n) is 4.69. The Bertz CT molecular complexity index is 735. The van der Waals surface area contributed by atoms with Gasteiger partial charge in [0, 0.05) is 24.0 Å². The molecular weight excluding hydrogens is 337 g/mol. The highest BCUT2D eigenvalue weighted by molar-refractivity contribution is 6.42. The van der Waals surface area contributed by atoms with Gasteiger partial charge in [0.2, 0.25) is 5.91 Å². The van der Waals surface area contributed by atoms with Gasteiger partial charge < -0.3 is 16.0 Å². The lowest BCUT2D eigenvalue weighted by molar-refractivity contribution is -0.114. The van der Waals surface area contributed by atoms with Crippen LogP contribution in [0.3, 0.4) is 0 Å². The highest BCUT2D eigenvalue weighted by Crippen LogP contribution is 2.24. The van der Waals surface area contributed by atoms with Crippen LogP contribution in [0, 0.1) is 0 Å². The van der Waals surface area contributed by atoms with Crippen molar-refractivity contribution >= 4 is 46.4 Å². The summed E-state index contributed by atoms with van der Waals surface area (Å²) in [6, 6.07) is 11.7. The van der Waals surface area contributed by atoms with E-state index in [1.54, 1.807) is 49.5 Å². The predicted molar refractivity (Wildman–Crippen MR) is 93.4 cm³/mol. The molecule has 0 radical (unpaired) electrons. The fraction of sp³-hybridized carbons (Fsp3) is 0.125.